The van der Waals surface area contributed by atoms with Gasteiger partial charge in [-0.3, -0.25) is 4.79 Å². The van der Waals surface area contributed by atoms with E-state index in [1.54, 1.807) is 14.2 Å². The van der Waals surface area contributed by atoms with Crippen LogP contribution in [0.2, 0.25) is 0 Å². The number of hydrogen-bond donors (Lipinski definition) is 2. The number of hydrogen-bond acceptors (Lipinski definition) is 5. The largest absolute Gasteiger partial charge is 0.493 e. The highest BCUT2D eigenvalue weighted by atomic mass is 16.5. The molecule has 0 aromatic heterocycles. The molecule has 0 aliphatic heterocycles. The van der Waals surface area contributed by atoms with Gasteiger partial charge in [0.15, 0.2) is 11.5 Å². The van der Waals surface area contributed by atoms with E-state index in [9.17, 15) is 9.90 Å². The van der Waals surface area contributed by atoms with E-state index in [0.29, 0.717) is 42.7 Å². The lowest BCUT2D eigenvalue weighted by atomic mass is 10.0. The number of carboxylic acids is 1. The van der Waals surface area contributed by atoms with Crippen molar-refractivity contribution >= 4 is 5.97 Å². The molecule has 0 amide bonds. The van der Waals surface area contributed by atoms with Crippen molar-refractivity contribution in [1.29, 1.82) is 0 Å². The summed E-state index contributed by atoms with van der Waals surface area (Å²) in [5, 5.41) is 12.4. The Morgan fingerprint density at radius 2 is 1.78 bits per heavy atom. The van der Waals surface area contributed by atoms with E-state index in [-0.39, 0.29) is 0 Å². The minimum atomic E-state index is -0.844. The predicted molar refractivity (Wildman–Crippen MR) is 88.4 cm³/mol. The average Bonchev–Trinajstić information content (AvgIpc) is 2.51. The number of methoxy groups -OCH3 is 2. The summed E-state index contributed by atoms with van der Waals surface area (Å²) in [4.78, 5) is 11.3. The topological polar surface area (TPSA) is 77.0 Å². The van der Waals surface area contributed by atoms with Crippen molar-refractivity contribution in [1.82, 2.24) is 5.32 Å². The fourth-order valence-corrected chi connectivity index (χ4v) is 2.31. The molecule has 0 aliphatic carbocycles. The number of benzene rings is 1. The highest BCUT2D eigenvalue weighted by molar-refractivity contribution is 5.73. The van der Waals surface area contributed by atoms with Gasteiger partial charge in [-0.1, -0.05) is 13.8 Å². The summed E-state index contributed by atoms with van der Waals surface area (Å²) in [6.45, 7) is 6.79. The van der Waals surface area contributed by atoms with E-state index in [1.807, 2.05) is 32.9 Å². The summed E-state index contributed by atoms with van der Waals surface area (Å²) in [6, 6.07) is 3.07. The maximum Gasteiger partial charge on any atom is 0.320 e. The van der Waals surface area contributed by atoms with Gasteiger partial charge in [-0.25, -0.2) is 0 Å². The molecule has 6 nitrogen and oxygen atoms in total. The molecule has 6 heteroatoms. The molecule has 0 radical (unpaired) electrons. The third kappa shape index (κ3) is 5.63. The van der Waals surface area contributed by atoms with Gasteiger partial charge >= 0.3 is 5.97 Å². The van der Waals surface area contributed by atoms with Crippen molar-refractivity contribution in [3.63, 3.8) is 0 Å². The van der Waals surface area contributed by atoms with Crippen LogP contribution in [0.15, 0.2) is 12.1 Å². The SMILES string of the molecule is CCOc1c(OC)cc(CNC(CC(C)C)C(=O)O)cc1OC. The summed E-state index contributed by atoms with van der Waals surface area (Å²) < 4.78 is 16.3. The smallest absolute Gasteiger partial charge is 0.320 e. The minimum absolute atomic E-state index is 0.299. The number of nitrogens with one attached hydrogen (secondary N) is 1. The van der Waals surface area contributed by atoms with Gasteiger partial charge in [0.25, 0.3) is 0 Å². The second-order valence-electron chi connectivity index (χ2n) is 5.66. The normalized spacial score (nSPS) is 12.1. The van der Waals surface area contributed by atoms with E-state index in [2.05, 4.69) is 5.32 Å². The van der Waals surface area contributed by atoms with Gasteiger partial charge in [0.2, 0.25) is 5.75 Å². The zero-order chi connectivity index (χ0) is 17.4. The molecule has 1 aromatic carbocycles. The van der Waals surface area contributed by atoms with Crippen LogP contribution in [-0.4, -0.2) is 37.9 Å². The van der Waals surface area contributed by atoms with Crippen molar-refractivity contribution in [2.45, 2.75) is 39.8 Å². The van der Waals surface area contributed by atoms with E-state index in [0.717, 1.165) is 5.56 Å². The highest BCUT2D eigenvalue weighted by Gasteiger charge is 2.19. The Morgan fingerprint density at radius 1 is 1.22 bits per heavy atom. The van der Waals surface area contributed by atoms with Crippen LogP contribution in [0, 0.1) is 5.92 Å². The number of ether oxygens (including phenoxy) is 3. The van der Waals surface area contributed by atoms with Gasteiger partial charge in [-0.2, -0.15) is 0 Å². The second kappa shape index (κ2) is 9.25. The van der Waals surface area contributed by atoms with E-state index >= 15 is 0 Å². The van der Waals surface area contributed by atoms with Crippen molar-refractivity contribution in [3.05, 3.63) is 17.7 Å². The van der Waals surface area contributed by atoms with E-state index in [4.69, 9.17) is 14.2 Å². The number of aliphatic carboxylic acids is 1. The molecule has 23 heavy (non-hydrogen) atoms. The summed E-state index contributed by atoms with van der Waals surface area (Å²) in [5.74, 6) is 1.15. The van der Waals surface area contributed by atoms with Crippen LogP contribution in [0.1, 0.15) is 32.8 Å². The van der Waals surface area contributed by atoms with Gasteiger partial charge in [0.1, 0.15) is 6.04 Å². The lowest BCUT2D eigenvalue weighted by Crippen LogP contribution is -2.37. The fourth-order valence-electron chi connectivity index (χ4n) is 2.31. The third-order valence-electron chi connectivity index (χ3n) is 3.37. The van der Waals surface area contributed by atoms with Crippen molar-refractivity contribution in [2.75, 3.05) is 20.8 Å². The quantitative estimate of drug-likeness (QED) is 0.689. The molecule has 2 N–H and O–H groups in total. The van der Waals surface area contributed by atoms with Gasteiger partial charge in [-0.05, 0) is 37.0 Å². The third-order valence-corrected chi connectivity index (χ3v) is 3.37. The molecule has 1 atom stereocenters. The van der Waals surface area contributed by atoms with Crippen molar-refractivity contribution in [2.24, 2.45) is 5.92 Å². The first-order valence-electron chi connectivity index (χ1n) is 7.76. The van der Waals surface area contributed by atoms with Gasteiger partial charge < -0.3 is 24.6 Å². The molecule has 1 rings (SSSR count). The molecule has 130 valence electrons. The van der Waals surface area contributed by atoms with Gasteiger partial charge in [-0.15, -0.1) is 0 Å². The predicted octanol–water partition coefficient (Wildman–Crippen LogP) is 2.69. The molecule has 0 saturated heterocycles. The maximum atomic E-state index is 11.3. The molecule has 0 spiro atoms. The van der Waals surface area contributed by atoms with Crippen LogP contribution in [0.3, 0.4) is 0 Å². The van der Waals surface area contributed by atoms with Gasteiger partial charge in [0, 0.05) is 6.54 Å². The first-order valence-corrected chi connectivity index (χ1v) is 7.76. The molecular weight excluding hydrogens is 298 g/mol. The standard InChI is InChI=1S/C17H27NO5/c1-6-23-16-14(21-4)8-12(9-15(16)22-5)10-18-13(17(19)20)7-11(2)3/h8-9,11,13,18H,6-7,10H2,1-5H3,(H,19,20). The Morgan fingerprint density at radius 3 is 2.17 bits per heavy atom. The van der Waals surface area contributed by atoms with E-state index in [1.165, 1.54) is 0 Å². The molecule has 0 bridgehead atoms. The Labute approximate surface area is 137 Å². The Bertz CT molecular complexity index is 491. The molecule has 0 heterocycles. The van der Waals surface area contributed by atoms with Crippen molar-refractivity contribution < 1.29 is 24.1 Å². The van der Waals surface area contributed by atoms with Crippen molar-refractivity contribution in [3.8, 4) is 17.2 Å². The highest BCUT2D eigenvalue weighted by Crippen LogP contribution is 2.38. The first kappa shape index (κ1) is 19.1. The van der Waals surface area contributed by atoms with Crippen LogP contribution in [0.25, 0.3) is 0 Å². The summed E-state index contributed by atoms with van der Waals surface area (Å²) in [5.41, 5.74) is 0.872. The van der Waals surface area contributed by atoms with Crippen LogP contribution in [-0.2, 0) is 11.3 Å². The van der Waals surface area contributed by atoms with Crippen LogP contribution < -0.4 is 19.5 Å². The minimum Gasteiger partial charge on any atom is -0.493 e. The second-order valence-corrected chi connectivity index (χ2v) is 5.66. The molecule has 0 saturated carbocycles. The number of carboxylic acid groups (broad SMARTS) is 1. The zero-order valence-corrected chi connectivity index (χ0v) is 14.5. The molecular formula is C17H27NO5. The Kier molecular flexibility index (Phi) is 7.68. The number of rotatable bonds is 10. The maximum absolute atomic E-state index is 11.3. The summed E-state index contributed by atoms with van der Waals surface area (Å²) in [6.07, 6.45) is 0.570. The molecule has 0 aliphatic rings. The fraction of sp³-hybridized carbons (Fsp3) is 0.588. The van der Waals surface area contributed by atoms with Crippen LogP contribution >= 0.6 is 0 Å². The lowest BCUT2D eigenvalue weighted by molar-refractivity contribution is -0.140. The first-order chi connectivity index (χ1) is 10.9. The van der Waals surface area contributed by atoms with Crippen LogP contribution in [0.5, 0.6) is 17.2 Å². The molecule has 0 fully saturated rings. The lowest BCUT2D eigenvalue weighted by Gasteiger charge is -2.18. The van der Waals surface area contributed by atoms with E-state index < -0.39 is 12.0 Å². The van der Waals surface area contributed by atoms with Gasteiger partial charge in [0.05, 0.1) is 20.8 Å². The monoisotopic (exact) mass is 325 g/mol. The molecule has 1 unspecified atom stereocenters. The van der Waals surface area contributed by atoms with Crippen LogP contribution in [0.4, 0.5) is 0 Å². The average molecular weight is 325 g/mol. The summed E-state index contributed by atoms with van der Waals surface area (Å²) in [7, 11) is 3.13. The Hall–Kier alpha value is -1.95. The Balaban J connectivity index is 2.93. The summed E-state index contributed by atoms with van der Waals surface area (Å²) >= 11 is 0. The molecule has 1 aromatic rings. The zero-order valence-electron chi connectivity index (χ0n) is 14.5. The number of carbonyl (C=O) groups is 1.